The highest BCUT2D eigenvalue weighted by Crippen LogP contribution is 2.38. The van der Waals surface area contributed by atoms with Crippen LogP contribution in [-0.2, 0) is 16.1 Å². The molecule has 9 nitrogen and oxygen atoms in total. The number of nitrogens with one attached hydrogen (secondary N) is 1. The van der Waals surface area contributed by atoms with Gasteiger partial charge in [-0.2, -0.15) is 0 Å². The first-order chi connectivity index (χ1) is 20.8. The van der Waals surface area contributed by atoms with E-state index in [0.29, 0.717) is 61.6 Å². The van der Waals surface area contributed by atoms with Crippen LogP contribution in [0.2, 0.25) is 0 Å². The van der Waals surface area contributed by atoms with Gasteiger partial charge in [0.05, 0.1) is 19.8 Å². The SMILES string of the molecule is CCCCN1C(=O)[C@@H](CC2(O)CCCCC2)NC(=O)C12CCN(Cc1ccc(Oc3cc(OC)cc(OC)c3)cc1)CC2.Cl. The lowest BCUT2D eigenvalue weighted by molar-refractivity contribution is -0.163. The van der Waals surface area contributed by atoms with Crippen LogP contribution >= 0.6 is 12.4 Å². The second-order valence-electron chi connectivity index (χ2n) is 12.5. The Morgan fingerprint density at radius 3 is 2.09 bits per heavy atom. The molecule has 1 saturated carbocycles. The molecule has 1 aliphatic carbocycles. The third-order valence-electron chi connectivity index (χ3n) is 9.49. The zero-order valence-corrected chi connectivity index (χ0v) is 27.1. The Morgan fingerprint density at radius 2 is 1.50 bits per heavy atom. The monoisotopic (exact) mass is 629 g/mol. The average molecular weight is 630 g/mol. The molecule has 242 valence electrons. The summed E-state index contributed by atoms with van der Waals surface area (Å²) in [6.07, 6.45) is 7.78. The molecule has 0 unspecified atom stereocenters. The number of carbonyl (C=O) groups is 2. The molecule has 44 heavy (non-hydrogen) atoms. The molecule has 3 fully saturated rings. The molecule has 2 aromatic rings. The summed E-state index contributed by atoms with van der Waals surface area (Å²) in [5.41, 5.74) is -0.527. The topological polar surface area (TPSA) is 101 Å². The van der Waals surface area contributed by atoms with Gasteiger partial charge in [0, 0.05) is 50.8 Å². The summed E-state index contributed by atoms with van der Waals surface area (Å²) in [6.45, 7) is 4.89. The van der Waals surface area contributed by atoms with E-state index in [2.05, 4.69) is 29.3 Å². The maximum absolute atomic E-state index is 13.8. The fourth-order valence-electron chi connectivity index (χ4n) is 6.92. The largest absolute Gasteiger partial charge is 0.496 e. The summed E-state index contributed by atoms with van der Waals surface area (Å²) in [4.78, 5) is 31.8. The lowest BCUT2D eigenvalue weighted by Gasteiger charge is -2.52. The maximum atomic E-state index is 13.8. The number of rotatable bonds is 11. The van der Waals surface area contributed by atoms with Crippen LogP contribution in [0.5, 0.6) is 23.0 Å². The lowest BCUT2D eigenvalue weighted by atomic mass is 9.77. The molecule has 2 amide bonds. The van der Waals surface area contributed by atoms with Gasteiger partial charge in [0.15, 0.2) is 0 Å². The third-order valence-corrected chi connectivity index (χ3v) is 9.49. The van der Waals surface area contributed by atoms with Gasteiger partial charge >= 0.3 is 0 Å². The van der Waals surface area contributed by atoms with Crippen LogP contribution in [0.25, 0.3) is 0 Å². The zero-order valence-electron chi connectivity index (χ0n) is 26.3. The standard InChI is InChI=1S/C34H47N3O6.ClH/c1-4-5-17-37-31(38)30(23-33(40)13-7-6-8-14-33)35-32(39)34(37)15-18-36(19-16-34)24-25-9-11-26(12-10-25)43-29-21-27(41-2)20-28(22-29)42-3;/h9-12,20-22,30,40H,4-8,13-19,23-24H2,1-3H3,(H,35,39);1H/t30-;/m1./s1. The van der Waals surface area contributed by atoms with Gasteiger partial charge in [-0.15, -0.1) is 12.4 Å². The highest BCUT2D eigenvalue weighted by Gasteiger charge is 2.54. The predicted octanol–water partition coefficient (Wildman–Crippen LogP) is 5.46. The summed E-state index contributed by atoms with van der Waals surface area (Å²) < 4.78 is 16.7. The normalized spacial score (nSPS) is 21.4. The molecule has 2 aromatic carbocycles. The molecular formula is C34H48ClN3O6. The molecular weight excluding hydrogens is 582 g/mol. The second kappa shape index (κ2) is 14.8. The minimum absolute atomic E-state index is 0. The summed E-state index contributed by atoms with van der Waals surface area (Å²) in [5, 5.41) is 14.2. The third kappa shape index (κ3) is 7.61. The van der Waals surface area contributed by atoms with Gasteiger partial charge in [-0.1, -0.05) is 44.7 Å². The number of piperidine rings is 1. The quantitative estimate of drug-likeness (QED) is 0.340. The molecule has 0 aromatic heterocycles. The van der Waals surface area contributed by atoms with E-state index in [1.54, 1.807) is 20.3 Å². The Bertz CT molecular complexity index is 1240. The molecule has 2 N–H and O–H groups in total. The first-order valence-corrected chi connectivity index (χ1v) is 15.8. The first-order valence-electron chi connectivity index (χ1n) is 15.8. The van der Waals surface area contributed by atoms with E-state index < -0.39 is 17.2 Å². The Balaban J connectivity index is 0.00000442. The minimum atomic E-state index is -0.864. The number of piperazine rings is 1. The van der Waals surface area contributed by atoms with Crippen LogP contribution in [0.4, 0.5) is 0 Å². The molecule has 5 rings (SSSR count). The number of hydrogen-bond donors (Lipinski definition) is 2. The number of ether oxygens (including phenoxy) is 3. The molecule has 10 heteroatoms. The smallest absolute Gasteiger partial charge is 0.246 e. The molecule has 2 heterocycles. The van der Waals surface area contributed by atoms with Gasteiger partial charge in [0.25, 0.3) is 0 Å². The molecule has 1 atom stereocenters. The Kier molecular flexibility index (Phi) is 11.4. The summed E-state index contributed by atoms with van der Waals surface area (Å²) >= 11 is 0. The molecule has 0 bridgehead atoms. The predicted molar refractivity (Wildman–Crippen MR) is 172 cm³/mol. The summed E-state index contributed by atoms with van der Waals surface area (Å²) in [6, 6.07) is 12.8. The number of hydrogen-bond acceptors (Lipinski definition) is 7. The number of unbranched alkanes of at least 4 members (excludes halogenated alkanes) is 1. The zero-order chi connectivity index (χ0) is 30.5. The van der Waals surface area contributed by atoms with Crippen molar-refractivity contribution in [1.82, 2.24) is 15.1 Å². The number of benzene rings is 2. The Hall–Kier alpha value is -3.01. The number of carbonyl (C=O) groups excluding carboxylic acids is 2. The van der Waals surface area contributed by atoms with Crippen LogP contribution in [0, 0.1) is 0 Å². The van der Waals surface area contributed by atoms with Crippen LogP contribution in [0.15, 0.2) is 42.5 Å². The van der Waals surface area contributed by atoms with Gasteiger partial charge in [0.2, 0.25) is 11.8 Å². The van der Waals surface area contributed by atoms with E-state index in [1.807, 2.05) is 29.2 Å². The molecule has 2 saturated heterocycles. The van der Waals surface area contributed by atoms with Gasteiger partial charge in [-0.25, -0.2) is 0 Å². The van der Waals surface area contributed by atoms with Crippen molar-refractivity contribution < 1.29 is 28.9 Å². The van der Waals surface area contributed by atoms with Crippen LogP contribution in [0.1, 0.15) is 76.7 Å². The van der Waals surface area contributed by atoms with E-state index >= 15 is 0 Å². The van der Waals surface area contributed by atoms with Crippen molar-refractivity contribution in [3.05, 3.63) is 48.0 Å². The van der Waals surface area contributed by atoms with Crippen molar-refractivity contribution >= 4 is 24.2 Å². The van der Waals surface area contributed by atoms with E-state index in [0.717, 1.165) is 57.3 Å². The van der Waals surface area contributed by atoms with Crippen molar-refractivity contribution in [3.63, 3.8) is 0 Å². The summed E-state index contributed by atoms with van der Waals surface area (Å²) in [5.74, 6) is 2.59. The number of methoxy groups -OCH3 is 2. The Labute approximate surface area is 267 Å². The van der Waals surface area contributed by atoms with Crippen LogP contribution < -0.4 is 19.5 Å². The molecule has 1 spiro atoms. The molecule has 0 radical (unpaired) electrons. The Morgan fingerprint density at radius 1 is 0.886 bits per heavy atom. The lowest BCUT2D eigenvalue weighted by Crippen LogP contribution is -2.73. The molecule has 3 aliphatic rings. The fourth-order valence-corrected chi connectivity index (χ4v) is 6.92. The summed E-state index contributed by atoms with van der Waals surface area (Å²) in [7, 11) is 3.22. The minimum Gasteiger partial charge on any atom is -0.496 e. The number of likely N-dealkylation sites (tertiary alicyclic amines) is 1. The first kappa shape index (κ1) is 33.9. The van der Waals surface area contributed by atoms with Crippen molar-refractivity contribution in [2.45, 2.75) is 94.9 Å². The number of aliphatic hydroxyl groups is 1. The second-order valence-corrected chi connectivity index (χ2v) is 12.5. The van der Waals surface area contributed by atoms with Crippen molar-refractivity contribution in [1.29, 1.82) is 0 Å². The van der Waals surface area contributed by atoms with E-state index in [1.165, 1.54) is 0 Å². The van der Waals surface area contributed by atoms with Crippen molar-refractivity contribution in [2.75, 3.05) is 33.9 Å². The van der Waals surface area contributed by atoms with Gasteiger partial charge in [0.1, 0.15) is 34.6 Å². The van der Waals surface area contributed by atoms with Gasteiger partial charge in [-0.3, -0.25) is 14.5 Å². The van der Waals surface area contributed by atoms with E-state index in [4.69, 9.17) is 14.2 Å². The average Bonchev–Trinajstić information content (AvgIpc) is 3.02. The number of nitrogens with zero attached hydrogens (tertiary/aromatic N) is 2. The van der Waals surface area contributed by atoms with Crippen LogP contribution in [-0.4, -0.2) is 77.8 Å². The highest BCUT2D eigenvalue weighted by atomic mass is 35.5. The highest BCUT2D eigenvalue weighted by molar-refractivity contribution is 6.00. The number of halogens is 1. The van der Waals surface area contributed by atoms with Crippen molar-refractivity contribution in [2.24, 2.45) is 0 Å². The van der Waals surface area contributed by atoms with Gasteiger partial charge < -0.3 is 29.5 Å². The van der Waals surface area contributed by atoms with E-state index in [9.17, 15) is 14.7 Å². The van der Waals surface area contributed by atoms with E-state index in [-0.39, 0.29) is 24.2 Å². The van der Waals surface area contributed by atoms with Gasteiger partial charge in [-0.05, 0) is 49.8 Å². The van der Waals surface area contributed by atoms with Crippen molar-refractivity contribution in [3.8, 4) is 23.0 Å². The maximum Gasteiger partial charge on any atom is 0.246 e. The van der Waals surface area contributed by atoms with Crippen LogP contribution in [0.3, 0.4) is 0 Å². The number of amides is 2. The molecule has 2 aliphatic heterocycles. The fraction of sp³-hybridized carbons (Fsp3) is 0.588.